The lowest BCUT2D eigenvalue weighted by Crippen LogP contribution is -2.31. The Kier molecular flexibility index (Phi) is 5.47. The van der Waals surface area contributed by atoms with Crippen molar-refractivity contribution in [2.45, 2.75) is 25.8 Å². The van der Waals surface area contributed by atoms with Crippen molar-refractivity contribution in [3.8, 4) is 0 Å². The molecule has 0 fully saturated rings. The molecule has 0 aliphatic carbocycles. The molecule has 0 aliphatic heterocycles. The molecule has 0 heterocycles. The molecule has 0 saturated carbocycles. The van der Waals surface area contributed by atoms with E-state index in [0.29, 0.717) is 6.42 Å². The van der Waals surface area contributed by atoms with Gasteiger partial charge in [-0.3, -0.25) is 4.79 Å². The maximum Gasteiger partial charge on any atom is 0.218 e. The number of amides is 1. The average Bonchev–Trinajstić information content (AvgIpc) is 1.86. The zero-order chi connectivity index (χ0) is 8.69. The first-order valence-corrected chi connectivity index (χ1v) is 3.79. The number of nitrogens with two attached hydrogens (primary N) is 1. The van der Waals surface area contributed by atoms with Gasteiger partial charge in [-0.15, -0.1) is 6.58 Å². The second-order valence-corrected chi connectivity index (χ2v) is 2.60. The van der Waals surface area contributed by atoms with E-state index in [-0.39, 0.29) is 11.9 Å². The molecule has 0 saturated heterocycles. The molecule has 3 heteroatoms. The smallest absolute Gasteiger partial charge is 0.218 e. The molecule has 0 spiro atoms. The number of carbonyl (C=O) groups is 1. The van der Waals surface area contributed by atoms with E-state index in [4.69, 9.17) is 5.73 Å². The molecule has 0 aromatic rings. The van der Waals surface area contributed by atoms with Crippen molar-refractivity contribution in [3.63, 3.8) is 0 Å². The van der Waals surface area contributed by atoms with Gasteiger partial charge in [0, 0.05) is 12.5 Å². The summed E-state index contributed by atoms with van der Waals surface area (Å²) in [7, 11) is 0. The Morgan fingerprint density at radius 2 is 2.45 bits per heavy atom. The number of carbonyl (C=O) groups excluding carboxylic acids is 1. The minimum Gasteiger partial charge on any atom is -0.370 e. The summed E-state index contributed by atoms with van der Waals surface area (Å²) >= 11 is 0. The van der Waals surface area contributed by atoms with Gasteiger partial charge in [0.25, 0.3) is 0 Å². The van der Waals surface area contributed by atoms with Crippen LogP contribution in [0.2, 0.25) is 0 Å². The van der Waals surface area contributed by atoms with E-state index in [2.05, 4.69) is 11.9 Å². The molecule has 0 rings (SSSR count). The van der Waals surface area contributed by atoms with Crippen molar-refractivity contribution in [2.75, 3.05) is 6.54 Å². The van der Waals surface area contributed by atoms with Crippen LogP contribution in [0.3, 0.4) is 0 Å². The summed E-state index contributed by atoms with van der Waals surface area (Å²) in [6, 6.07) is 0.174. The Hall–Kier alpha value is -0.830. The highest BCUT2D eigenvalue weighted by Crippen LogP contribution is 1.88. The maximum atomic E-state index is 10.4. The fraction of sp³-hybridized carbons (Fsp3) is 0.625. The summed E-state index contributed by atoms with van der Waals surface area (Å²) in [6.45, 7) is 6.38. The monoisotopic (exact) mass is 156 g/mol. The largest absolute Gasteiger partial charge is 0.370 e. The van der Waals surface area contributed by atoms with E-state index in [1.54, 1.807) is 0 Å². The lowest BCUT2D eigenvalue weighted by Gasteiger charge is -2.09. The second-order valence-electron chi connectivity index (χ2n) is 2.60. The summed E-state index contributed by atoms with van der Waals surface area (Å²) in [6.07, 6.45) is 3.16. The maximum absolute atomic E-state index is 10.4. The van der Waals surface area contributed by atoms with Crippen molar-refractivity contribution >= 4 is 5.91 Å². The predicted octanol–water partition coefficient (Wildman–Crippen LogP) is 0.416. The summed E-state index contributed by atoms with van der Waals surface area (Å²) in [5.41, 5.74) is 5.00. The molecule has 0 radical (unpaired) electrons. The summed E-state index contributed by atoms with van der Waals surface area (Å²) in [5, 5.41) is 3.14. The van der Waals surface area contributed by atoms with Crippen LogP contribution in [0.1, 0.15) is 19.8 Å². The molecule has 3 N–H and O–H groups in total. The minimum absolute atomic E-state index is 0.174. The molecule has 11 heavy (non-hydrogen) atoms. The molecule has 1 amide bonds. The average molecular weight is 156 g/mol. The number of primary amides is 1. The lowest BCUT2D eigenvalue weighted by atomic mass is 10.2. The standard InChI is InChI=1S/C8H16N2O/c1-3-4-5-10-7(2)6-8(9)11/h3,7,10H,1,4-6H2,2H3,(H2,9,11). The number of nitrogens with one attached hydrogen (secondary N) is 1. The quantitative estimate of drug-likeness (QED) is 0.432. The van der Waals surface area contributed by atoms with E-state index >= 15 is 0 Å². The zero-order valence-electron chi connectivity index (χ0n) is 6.97. The summed E-state index contributed by atoms with van der Waals surface area (Å²) < 4.78 is 0. The van der Waals surface area contributed by atoms with Crippen molar-refractivity contribution in [1.82, 2.24) is 5.32 Å². The third-order valence-corrected chi connectivity index (χ3v) is 1.35. The molecule has 1 atom stereocenters. The van der Waals surface area contributed by atoms with Crippen molar-refractivity contribution in [2.24, 2.45) is 5.73 Å². The summed E-state index contributed by atoms with van der Waals surface area (Å²) in [5.74, 6) is -0.261. The molecule has 1 unspecified atom stereocenters. The number of hydrogen-bond acceptors (Lipinski definition) is 2. The van der Waals surface area contributed by atoms with E-state index in [1.165, 1.54) is 0 Å². The molecule has 0 aliphatic rings. The molecular formula is C8H16N2O. The van der Waals surface area contributed by atoms with Crippen molar-refractivity contribution in [1.29, 1.82) is 0 Å². The third-order valence-electron chi connectivity index (χ3n) is 1.35. The Balaban J connectivity index is 3.28. The Morgan fingerprint density at radius 3 is 2.91 bits per heavy atom. The van der Waals surface area contributed by atoms with Crippen LogP contribution in [0, 0.1) is 0 Å². The van der Waals surface area contributed by atoms with Crippen LogP contribution >= 0.6 is 0 Å². The Bertz CT molecular complexity index is 134. The van der Waals surface area contributed by atoms with Crippen molar-refractivity contribution < 1.29 is 4.79 Å². The molecule has 0 aromatic heterocycles. The van der Waals surface area contributed by atoms with E-state index in [9.17, 15) is 4.79 Å². The van der Waals surface area contributed by atoms with Gasteiger partial charge in [-0.25, -0.2) is 0 Å². The molecule has 0 bridgehead atoms. The highest BCUT2D eigenvalue weighted by molar-refractivity contribution is 5.74. The zero-order valence-corrected chi connectivity index (χ0v) is 6.97. The first-order valence-electron chi connectivity index (χ1n) is 3.79. The normalized spacial score (nSPS) is 12.5. The van der Waals surface area contributed by atoms with Gasteiger partial charge >= 0.3 is 0 Å². The van der Waals surface area contributed by atoms with Crippen LogP contribution in [0.4, 0.5) is 0 Å². The van der Waals surface area contributed by atoms with E-state index < -0.39 is 0 Å². The highest BCUT2D eigenvalue weighted by atomic mass is 16.1. The van der Waals surface area contributed by atoms with Crippen molar-refractivity contribution in [3.05, 3.63) is 12.7 Å². The van der Waals surface area contributed by atoms with Gasteiger partial charge in [-0.2, -0.15) is 0 Å². The van der Waals surface area contributed by atoms with E-state index in [1.807, 2.05) is 13.0 Å². The van der Waals surface area contributed by atoms with Gasteiger partial charge < -0.3 is 11.1 Å². The lowest BCUT2D eigenvalue weighted by molar-refractivity contribution is -0.118. The molecular weight excluding hydrogens is 140 g/mol. The van der Waals surface area contributed by atoms with Gasteiger partial charge in [-0.1, -0.05) is 6.08 Å². The van der Waals surface area contributed by atoms with Crippen LogP contribution in [0.15, 0.2) is 12.7 Å². The van der Waals surface area contributed by atoms with Crippen LogP contribution in [-0.4, -0.2) is 18.5 Å². The SMILES string of the molecule is C=CCCNC(C)CC(N)=O. The predicted molar refractivity (Wildman–Crippen MR) is 46.1 cm³/mol. The van der Waals surface area contributed by atoms with Gasteiger partial charge in [0.05, 0.1) is 0 Å². The van der Waals surface area contributed by atoms with Crippen LogP contribution in [0.25, 0.3) is 0 Å². The summed E-state index contributed by atoms with van der Waals surface area (Å²) in [4.78, 5) is 10.4. The van der Waals surface area contributed by atoms with Crippen LogP contribution in [-0.2, 0) is 4.79 Å². The topological polar surface area (TPSA) is 55.1 Å². The first-order chi connectivity index (χ1) is 5.16. The number of hydrogen-bond donors (Lipinski definition) is 2. The van der Waals surface area contributed by atoms with Crippen LogP contribution in [0.5, 0.6) is 0 Å². The van der Waals surface area contributed by atoms with Gasteiger partial charge in [-0.05, 0) is 19.9 Å². The fourth-order valence-corrected chi connectivity index (χ4v) is 0.806. The fourth-order valence-electron chi connectivity index (χ4n) is 0.806. The Morgan fingerprint density at radius 1 is 1.82 bits per heavy atom. The number of rotatable bonds is 6. The Labute approximate surface area is 67.7 Å². The van der Waals surface area contributed by atoms with Gasteiger partial charge in [0.1, 0.15) is 0 Å². The minimum atomic E-state index is -0.261. The highest BCUT2D eigenvalue weighted by Gasteiger charge is 2.02. The molecule has 64 valence electrons. The van der Waals surface area contributed by atoms with Crippen LogP contribution < -0.4 is 11.1 Å². The molecule has 3 nitrogen and oxygen atoms in total. The first kappa shape index (κ1) is 10.2. The third kappa shape index (κ3) is 7.06. The van der Waals surface area contributed by atoms with Gasteiger partial charge in [0.2, 0.25) is 5.91 Å². The van der Waals surface area contributed by atoms with Gasteiger partial charge in [0.15, 0.2) is 0 Å². The second kappa shape index (κ2) is 5.92. The van der Waals surface area contributed by atoms with E-state index in [0.717, 1.165) is 13.0 Å². The molecule has 0 aromatic carbocycles.